The van der Waals surface area contributed by atoms with Crippen LogP contribution in [0.25, 0.3) is 0 Å². The topological polar surface area (TPSA) is 82.7 Å². The van der Waals surface area contributed by atoms with E-state index in [0.29, 0.717) is 56.3 Å². The number of hydrogen-bond donors (Lipinski definition) is 3. The number of carbonyl (C=O) groups excluding carboxylic acids is 2. The molecule has 1 unspecified atom stereocenters. The summed E-state index contributed by atoms with van der Waals surface area (Å²) >= 11 is 5.49. The Bertz CT molecular complexity index is 1010. The number of methoxy groups -OCH3 is 1. The lowest BCUT2D eigenvalue weighted by molar-refractivity contribution is -0.124. The second-order valence-corrected chi connectivity index (χ2v) is 8.72. The molecule has 0 aromatic heterocycles. The van der Waals surface area contributed by atoms with Crippen molar-refractivity contribution in [3.05, 3.63) is 65.7 Å². The Balaban J connectivity index is 1.63. The normalized spacial score (nSPS) is 14.8. The quantitative estimate of drug-likeness (QED) is 0.359. The Morgan fingerprint density at radius 3 is 2.46 bits per heavy atom. The molecule has 1 saturated heterocycles. The van der Waals surface area contributed by atoms with Crippen molar-refractivity contribution in [3.63, 3.8) is 0 Å². The van der Waals surface area contributed by atoms with Gasteiger partial charge in [-0.2, -0.15) is 0 Å². The van der Waals surface area contributed by atoms with Gasteiger partial charge in [-0.25, -0.2) is 8.78 Å². The minimum atomic E-state index is -0.814. The fourth-order valence-corrected chi connectivity index (χ4v) is 4.27. The monoisotopic (exact) mass is 504 g/mol. The summed E-state index contributed by atoms with van der Waals surface area (Å²) in [6.45, 7) is 2.05. The molecule has 0 aliphatic carbocycles. The zero-order valence-electron chi connectivity index (χ0n) is 19.6. The van der Waals surface area contributed by atoms with Crippen molar-refractivity contribution in [2.75, 3.05) is 38.7 Å². The first kappa shape index (κ1) is 26.5. The van der Waals surface area contributed by atoms with E-state index >= 15 is 0 Å². The van der Waals surface area contributed by atoms with Gasteiger partial charge >= 0.3 is 0 Å². The van der Waals surface area contributed by atoms with Crippen LogP contribution in [0.15, 0.2) is 48.5 Å². The van der Waals surface area contributed by atoms with Crippen LogP contribution in [0.4, 0.5) is 14.5 Å². The van der Waals surface area contributed by atoms with Crippen LogP contribution in [0, 0.1) is 17.6 Å². The molecule has 3 rings (SSSR count). The molecule has 10 heteroatoms. The van der Waals surface area contributed by atoms with Gasteiger partial charge in [0, 0.05) is 39.0 Å². The zero-order chi connectivity index (χ0) is 25.2. The molecule has 1 atom stereocenters. The molecule has 1 aliphatic heterocycles. The first-order chi connectivity index (χ1) is 16.9. The number of nitrogens with zero attached hydrogens (tertiary/aromatic N) is 1. The number of likely N-dealkylation sites (tertiary alicyclic amines) is 1. The second-order valence-electron chi connectivity index (χ2n) is 8.33. The predicted molar refractivity (Wildman–Crippen MR) is 134 cm³/mol. The molecule has 35 heavy (non-hydrogen) atoms. The Kier molecular flexibility index (Phi) is 9.92. The van der Waals surface area contributed by atoms with Crippen molar-refractivity contribution in [2.24, 2.45) is 5.92 Å². The summed E-state index contributed by atoms with van der Waals surface area (Å²) in [6, 6.07) is 10.8. The number of halogens is 2. The largest absolute Gasteiger partial charge is 0.385 e. The van der Waals surface area contributed by atoms with E-state index in [2.05, 4.69) is 16.0 Å². The van der Waals surface area contributed by atoms with Gasteiger partial charge in [-0.15, -0.1) is 0 Å². The average molecular weight is 505 g/mol. The molecule has 0 radical (unpaired) electrons. The van der Waals surface area contributed by atoms with Crippen molar-refractivity contribution >= 4 is 34.8 Å². The number of rotatable bonds is 9. The number of piperidine rings is 1. The molecule has 1 aliphatic rings. The van der Waals surface area contributed by atoms with Gasteiger partial charge in [0.25, 0.3) is 5.91 Å². The molecular weight excluding hydrogens is 474 g/mol. The van der Waals surface area contributed by atoms with E-state index in [1.165, 1.54) is 30.3 Å². The van der Waals surface area contributed by atoms with Crippen LogP contribution < -0.4 is 16.0 Å². The summed E-state index contributed by atoms with van der Waals surface area (Å²) in [6.07, 6.45) is 1.83. The van der Waals surface area contributed by atoms with Crippen molar-refractivity contribution in [3.8, 4) is 0 Å². The van der Waals surface area contributed by atoms with Gasteiger partial charge in [-0.1, -0.05) is 12.1 Å². The molecule has 1 fully saturated rings. The average Bonchev–Trinajstić information content (AvgIpc) is 2.86. The number of amides is 2. The van der Waals surface area contributed by atoms with Gasteiger partial charge in [0.1, 0.15) is 17.7 Å². The Labute approximate surface area is 209 Å². The number of benzene rings is 2. The summed E-state index contributed by atoms with van der Waals surface area (Å²) in [5.74, 6) is -2.06. The molecule has 0 bridgehead atoms. The highest BCUT2D eigenvalue weighted by molar-refractivity contribution is 7.80. The first-order valence-electron chi connectivity index (χ1n) is 11.5. The zero-order valence-corrected chi connectivity index (χ0v) is 20.4. The lowest BCUT2D eigenvalue weighted by Gasteiger charge is -2.37. The molecular formula is C25H30F2N4O3S. The minimum Gasteiger partial charge on any atom is -0.385 e. The second kappa shape index (κ2) is 13.1. The van der Waals surface area contributed by atoms with E-state index in [4.69, 9.17) is 17.0 Å². The lowest BCUT2D eigenvalue weighted by atomic mass is 9.88. The Hall–Kier alpha value is -3.11. The third-order valence-corrected chi connectivity index (χ3v) is 6.27. The lowest BCUT2D eigenvalue weighted by Crippen LogP contribution is -2.54. The van der Waals surface area contributed by atoms with Gasteiger partial charge in [0.2, 0.25) is 5.91 Å². The van der Waals surface area contributed by atoms with Crippen LogP contribution in [0.5, 0.6) is 0 Å². The van der Waals surface area contributed by atoms with E-state index in [1.807, 2.05) is 4.90 Å². The minimum absolute atomic E-state index is 0.105. The molecule has 2 aromatic carbocycles. The molecule has 188 valence electrons. The summed E-state index contributed by atoms with van der Waals surface area (Å²) in [5, 5.41) is 9.20. The van der Waals surface area contributed by atoms with Gasteiger partial charge in [0.15, 0.2) is 5.11 Å². The molecule has 2 aromatic rings. The molecule has 3 N–H and O–H groups in total. The van der Waals surface area contributed by atoms with E-state index in [1.54, 1.807) is 25.3 Å². The number of anilines is 1. The molecule has 0 spiro atoms. The van der Waals surface area contributed by atoms with Crippen LogP contribution in [0.1, 0.15) is 29.6 Å². The Morgan fingerprint density at radius 1 is 1.11 bits per heavy atom. The van der Waals surface area contributed by atoms with E-state index in [9.17, 15) is 18.4 Å². The van der Waals surface area contributed by atoms with Crippen molar-refractivity contribution in [1.82, 2.24) is 15.5 Å². The number of thiocarbonyl (C=S) groups is 1. The van der Waals surface area contributed by atoms with Gasteiger partial charge < -0.3 is 25.6 Å². The van der Waals surface area contributed by atoms with Crippen LogP contribution >= 0.6 is 12.2 Å². The summed E-state index contributed by atoms with van der Waals surface area (Å²) in [7, 11) is 1.59. The molecule has 0 saturated carbocycles. The highest BCUT2D eigenvalue weighted by Gasteiger charge is 2.33. The standard InChI is InChI=1S/C25H30F2N4O3S/c1-34-16-4-13-28-24(33)22(30-23(32)20-5-2-3-6-21(20)27)17-11-14-31(15-12-17)25(35)29-19-9-7-18(26)8-10-19/h2-3,5-10,17,22H,4,11-16H2,1H3,(H,28,33)(H,29,35)(H,30,32). The van der Waals surface area contributed by atoms with Gasteiger partial charge in [-0.05, 0) is 73.8 Å². The third-order valence-electron chi connectivity index (χ3n) is 5.91. The number of nitrogens with one attached hydrogen (secondary N) is 3. The van der Waals surface area contributed by atoms with Gasteiger partial charge in [0.05, 0.1) is 5.56 Å². The molecule has 1 heterocycles. The molecule has 7 nitrogen and oxygen atoms in total. The number of hydrogen-bond acceptors (Lipinski definition) is 4. The van der Waals surface area contributed by atoms with Crippen molar-refractivity contribution < 1.29 is 23.1 Å². The van der Waals surface area contributed by atoms with Gasteiger partial charge in [-0.3, -0.25) is 9.59 Å². The smallest absolute Gasteiger partial charge is 0.254 e. The SMILES string of the molecule is COCCCNC(=O)C(NC(=O)c1ccccc1F)C1CCN(C(=S)Nc2ccc(F)cc2)CC1. The van der Waals surface area contributed by atoms with E-state index in [0.717, 1.165) is 0 Å². The van der Waals surface area contributed by atoms with E-state index in [-0.39, 0.29) is 23.2 Å². The fraction of sp³-hybridized carbons (Fsp3) is 0.400. The maximum atomic E-state index is 14.1. The third kappa shape index (κ3) is 7.69. The summed E-state index contributed by atoms with van der Waals surface area (Å²) in [5.41, 5.74) is 0.579. The predicted octanol–water partition coefficient (Wildman–Crippen LogP) is 3.32. The number of carbonyl (C=O) groups is 2. The van der Waals surface area contributed by atoms with Crippen molar-refractivity contribution in [2.45, 2.75) is 25.3 Å². The highest BCUT2D eigenvalue weighted by atomic mass is 32.1. The van der Waals surface area contributed by atoms with Crippen LogP contribution in [-0.2, 0) is 9.53 Å². The summed E-state index contributed by atoms with van der Waals surface area (Å²) in [4.78, 5) is 27.8. The fourth-order valence-electron chi connectivity index (χ4n) is 3.97. The number of ether oxygens (including phenoxy) is 1. The van der Waals surface area contributed by atoms with E-state index < -0.39 is 17.8 Å². The highest BCUT2D eigenvalue weighted by Crippen LogP contribution is 2.23. The van der Waals surface area contributed by atoms with Crippen molar-refractivity contribution in [1.29, 1.82) is 0 Å². The van der Waals surface area contributed by atoms with Crippen LogP contribution in [-0.4, -0.2) is 61.2 Å². The first-order valence-corrected chi connectivity index (χ1v) is 11.9. The van der Waals surface area contributed by atoms with Crippen LogP contribution in [0.2, 0.25) is 0 Å². The maximum absolute atomic E-state index is 14.1. The Morgan fingerprint density at radius 2 is 1.80 bits per heavy atom. The summed E-state index contributed by atoms with van der Waals surface area (Å²) < 4.78 is 32.3. The maximum Gasteiger partial charge on any atom is 0.254 e. The van der Waals surface area contributed by atoms with Crippen LogP contribution in [0.3, 0.4) is 0 Å². The molecule has 2 amide bonds.